The van der Waals surface area contributed by atoms with Gasteiger partial charge in [-0.1, -0.05) is 19.3 Å². The van der Waals surface area contributed by atoms with Gasteiger partial charge < -0.3 is 10.4 Å². The summed E-state index contributed by atoms with van der Waals surface area (Å²) in [6.07, 6.45) is 8.32. The van der Waals surface area contributed by atoms with Gasteiger partial charge in [-0.3, -0.25) is 14.3 Å². The predicted octanol–water partition coefficient (Wildman–Crippen LogP) is 1.49. The molecule has 1 fully saturated rings. The van der Waals surface area contributed by atoms with E-state index in [1.54, 1.807) is 0 Å². The molecule has 0 bridgehead atoms. The highest BCUT2D eigenvalue weighted by Gasteiger charge is 2.21. The van der Waals surface area contributed by atoms with Crippen LogP contribution < -0.4 is 5.32 Å². The van der Waals surface area contributed by atoms with Crippen molar-refractivity contribution in [3.8, 4) is 0 Å². The van der Waals surface area contributed by atoms with Gasteiger partial charge in [-0.2, -0.15) is 5.10 Å². The molecule has 0 unspecified atom stereocenters. The van der Waals surface area contributed by atoms with Crippen molar-refractivity contribution in [3.63, 3.8) is 0 Å². The quantitative estimate of drug-likeness (QED) is 0.849. The number of nitrogens with zero attached hydrogens (tertiary/aromatic N) is 2. The molecule has 6 heteroatoms. The van der Waals surface area contributed by atoms with E-state index in [1.165, 1.54) is 23.5 Å². The number of carboxylic acid groups (broad SMARTS) is 1. The van der Waals surface area contributed by atoms with Crippen molar-refractivity contribution in [2.45, 2.75) is 38.6 Å². The third-order valence-electron chi connectivity index (χ3n) is 3.17. The Balaban J connectivity index is 1.90. The molecule has 1 aromatic rings. The lowest BCUT2D eigenvalue weighted by Crippen LogP contribution is -2.24. The van der Waals surface area contributed by atoms with Crippen molar-refractivity contribution in [3.05, 3.63) is 12.4 Å². The predicted molar refractivity (Wildman–Crippen MR) is 65.1 cm³/mol. The Labute approximate surface area is 105 Å². The molecule has 2 rings (SSSR count). The monoisotopic (exact) mass is 251 g/mol. The van der Waals surface area contributed by atoms with E-state index in [2.05, 4.69) is 10.4 Å². The molecule has 1 saturated carbocycles. The molecule has 1 amide bonds. The Morgan fingerprint density at radius 2 is 2.11 bits per heavy atom. The molecule has 0 spiro atoms. The number of hydrogen-bond acceptors (Lipinski definition) is 3. The third kappa shape index (κ3) is 3.32. The fourth-order valence-electron chi connectivity index (χ4n) is 2.26. The summed E-state index contributed by atoms with van der Waals surface area (Å²) >= 11 is 0. The van der Waals surface area contributed by atoms with Gasteiger partial charge in [0.25, 0.3) is 0 Å². The zero-order valence-electron chi connectivity index (χ0n) is 10.1. The number of anilines is 1. The highest BCUT2D eigenvalue weighted by Crippen LogP contribution is 2.24. The molecule has 1 heterocycles. The van der Waals surface area contributed by atoms with Gasteiger partial charge in [0.1, 0.15) is 6.54 Å². The topological polar surface area (TPSA) is 84.2 Å². The van der Waals surface area contributed by atoms with Gasteiger partial charge in [-0.25, -0.2) is 0 Å². The molecule has 0 aliphatic heterocycles. The third-order valence-corrected chi connectivity index (χ3v) is 3.17. The van der Waals surface area contributed by atoms with Crippen LogP contribution in [0.15, 0.2) is 12.4 Å². The summed E-state index contributed by atoms with van der Waals surface area (Å²) in [6.45, 7) is -0.195. The molecule has 2 N–H and O–H groups in total. The van der Waals surface area contributed by atoms with Crippen molar-refractivity contribution in [2.75, 3.05) is 5.32 Å². The first-order chi connectivity index (χ1) is 8.65. The Morgan fingerprint density at radius 1 is 1.39 bits per heavy atom. The van der Waals surface area contributed by atoms with Crippen LogP contribution in [0.25, 0.3) is 0 Å². The average Bonchev–Trinajstić information content (AvgIpc) is 2.76. The van der Waals surface area contributed by atoms with Crippen LogP contribution in [0, 0.1) is 5.92 Å². The number of rotatable bonds is 4. The Morgan fingerprint density at radius 3 is 2.78 bits per heavy atom. The smallest absolute Gasteiger partial charge is 0.325 e. The lowest BCUT2D eigenvalue weighted by atomic mass is 9.89. The molecule has 1 aliphatic rings. The molecule has 0 aromatic carbocycles. The Kier molecular flexibility index (Phi) is 3.96. The van der Waals surface area contributed by atoms with Crippen molar-refractivity contribution in [1.29, 1.82) is 0 Å². The lowest BCUT2D eigenvalue weighted by molar-refractivity contribution is -0.137. The van der Waals surface area contributed by atoms with Gasteiger partial charge in [-0.15, -0.1) is 0 Å². The van der Waals surface area contributed by atoms with Gasteiger partial charge in [0, 0.05) is 12.1 Å². The second-order valence-electron chi connectivity index (χ2n) is 4.64. The molecule has 1 aliphatic carbocycles. The zero-order valence-corrected chi connectivity index (χ0v) is 10.1. The van der Waals surface area contributed by atoms with E-state index in [1.807, 2.05) is 0 Å². The first-order valence-electron chi connectivity index (χ1n) is 6.20. The summed E-state index contributed by atoms with van der Waals surface area (Å²) in [5, 5.41) is 15.3. The molecule has 1 aromatic heterocycles. The number of hydrogen-bond donors (Lipinski definition) is 2. The first-order valence-corrected chi connectivity index (χ1v) is 6.20. The van der Waals surface area contributed by atoms with Gasteiger partial charge >= 0.3 is 5.97 Å². The van der Waals surface area contributed by atoms with E-state index < -0.39 is 5.97 Å². The van der Waals surface area contributed by atoms with Crippen molar-refractivity contribution >= 4 is 17.6 Å². The summed E-state index contributed by atoms with van der Waals surface area (Å²) < 4.78 is 1.29. The number of aromatic nitrogens is 2. The highest BCUT2D eigenvalue weighted by atomic mass is 16.4. The maximum absolute atomic E-state index is 11.9. The van der Waals surface area contributed by atoms with Crippen LogP contribution in [0.2, 0.25) is 0 Å². The maximum atomic E-state index is 11.9. The Hall–Kier alpha value is -1.85. The lowest BCUT2D eigenvalue weighted by Gasteiger charge is -2.20. The van der Waals surface area contributed by atoms with E-state index in [0.717, 1.165) is 25.7 Å². The van der Waals surface area contributed by atoms with Gasteiger partial charge in [0.05, 0.1) is 11.9 Å². The van der Waals surface area contributed by atoms with E-state index in [9.17, 15) is 9.59 Å². The molecule has 0 radical (unpaired) electrons. The first kappa shape index (κ1) is 12.6. The number of amides is 1. The second kappa shape index (κ2) is 5.66. The van der Waals surface area contributed by atoms with Gasteiger partial charge in [-0.05, 0) is 12.8 Å². The Bertz CT molecular complexity index is 436. The largest absolute Gasteiger partial charge is 0.480 e. The van der Waals surface area contributed by atoms with Crippen molar-refractivity contribution < 1.29 is 14.7 Å². The average molecular weight is 251 g/mol. The SMILES string of the molecule is O=C(O)Cn1cc(NC(=O)C2CCCCC2)cn1. The van der Waals surface area contributed by atoms with Gasteiger partial charge in [0.15, 0.2) is 0 Å². The second-order valence-corrected chi connectivity index (χ2v) is 4.64. The van der Waals surface area contributed by atoms with E-state index in [4.69, 9.17) is 5.11 Å². The molecule has 98 valence electrons. The number of nitrogens with one attached hydrogen (secondary N) is 1. The van der Waals surface area contributed by atoms with Crippen molar-refractivity contribution in [2.24, 2.45) is 5.92 Å². The van der Waals surface area contributed by atoms with Crippen molar-refractivity contribution in [1.82, 2.24) is 9.78 Å². The zero-order chi connectivity index (χ0) is 13.0. The van der Waals surface area contributed by atoms with E-state index >= 15 is 0 Å². The number of carbonyl (C=O) groups is 2. The minimum absolute atomic E-state index is 0.0181. The summed E-state index contributed by atoms with van der Waals surface area (Å²) in [6, 6.07) is 0. The van der Waals surface area contributed by atoms with Crippen LogP contribution >= 0.6 is 0 Å². The minimum Gasteiger partial charge on any atom is -0.480 e. The maximum Gasteiger partial charge on any atom is 0.325 e. The molecular weight excluding hydrogens is 234 g/mol. The normalized spacial score (nSPS) is 16.4. The summed E-state index contributed by atoms with van der Waals surface area (Å²) in [5.41, 5.74) is 0.562. The molecule has 0 atom stereocenters. The fraction of sp³-hybridized carbons (Fsp3) is 0.583. The summed E-state index contributed by atoms with van der Waals surface area (Å²) in [5.74, 6) is -0.852. The molecule has 0 saturated heterocycles. The van der Waals surface area contributed by atoms with Gasteiger partial charge in [0.2, 0.25) is 5.91 Å². The highest BCUT2D eigenvalue weighted by molar-refractivity contribution is 5.92. The molecule has 18 heavy (non-hydrogen) atoms. The number of carbonyl (C=O) groups excluding carboxylic acids is 1. The summed E-state index contributed by atoms with van der Waals surface area (Å²) in [4.78, 5) is 22.4. The number of aliphatic carboxylic acids is 1. The van der Waals surface area contributed by atoms with Crippen LogP contribution in [-0.4, -0.2) is 26.8 Å². The van der Waals surface area contributed by atoms with Crippen LogP contribution in [0.4, 0.5) is 5.69 Å². The molecular formula is C12H17N3O3. The van der Waals surface area contributed by atoms with E-state index in [0.29, 0.717) is 5.69 Å². The minimum atomic E-state index is -0.955. The molecule has 6 nitrogen and oxygen atoms in total. The number of carboxylic acids is 1. The van der Waals surface area contributed by atoms with Crippen LogP contribution in [-0.2, 0) is 16.1 Å². The van der Waals surface area contributed by atoms with E-state index in [-0.39, 0.29) is 18.4 Å². The van der Waals surface area contributed by atoms with Crippen LogP contribution in [0.5, 0.6) is 0 Å². The van der Waals surface area contributed by atoms with Crippen LogP contribution in [0.3, 0.4) is 0 Å². The summed E-state index contributed by atoms with van der Waals surface area (Å²) in [7, 11) is 0. The fourth-order valence-corrected chi connectivity index (χ4v) is 2.26. The van der Waals surface area contributed by atoms with Crippen LogP contribution in [0.1, 0.15) is 32.1 Å². The standard InChI is InChI=1S/C12H17N3O3/c16-11(17)8-15-7-10(6-13-15)14-12(18)9-4-2-1-3-5-9/h6-7,9H,1-5,8H2,(H,14,18)(H,16,17).